The first-order chi connectivity index (χ1) is 15.0. The molecule has 158 valence electrons. The summed E-state index contributed by atoms with van der Waals surface area (Å²) in [6, 6.07) is 14.7. The molecule has 9 heteroatoms. The summed E-state index contributed by atoms with van der Waals surface area (Å²) in [6.45, 7) is 4.12. The van der Waals surface area contributed by atoms with Crippen molar-refractivity contribution >= 4 is 28.6 Å². The van der Waals surface area contributed by atoms with Crippen LogP contribution in [0.4, 0.5) is 5.69 Å². The number of nitrogens with zero attached hydrogens (tertiary/aromatic N) is 5. The Morgan fingerprint density at radius 1 is 1.03 bits per heavy atom. The molecule has 2 aromatic heterocycles. The Labute approximate surface area is 178 Å². The Bertz CT molecular complexity index is 1270. The van der Waals surface area contributed by atoms with Crippen LogP contribution in [0.2, 0.25) is 0 Å². The Hall–Kier alpha value is -4.01. The second kappa shape index (κ2) is 8.39. The average Bonchev–Trinajstić information content (AvgIpc) is 3.29. The van der Waals surface area contributed by atoms with Gasteiger partial charge in [0.1, 0.15) is 12.1 Å². The van der Waals surface area contributed by atoms with E-state index in [0.29, 0.717) is 23.5 Å². The molecule has 0 saturated heterocycles. The molecule has 0 fully saturated rings. The maximum atomic E-state index is 12.7. The Balaban J connectivity index is 1.53. The van der Waals surface area contributed by atoms with E-state index >= 15 is 0 Å². The first-order valence-electron chi connectivity index (χ1n) is 9.76. The third kappa shape index (κ3) is 4.02. The highest BCUT2D eigenvalue weighted by Crippen LogP contribution is 2.22. The number of hydrogen-bond donors (Lipinski definition) is 1. The third-order valence-corrected chi connectivity index (χ3v) is 5.10. The molecule has 1 N–H and O–H groups in total. The van der Waals surface area contributed by atoms with Crippen molar-refractivity contribution < 1.29 is 14.3 Å². The smallest absolute Gasteiger partial charge is 0.338 e. The van der Waals surface area contributed by atoms with Gasteiger partial charge in [-0.3, -0.25) is 9.48 Å². The maximum absolute atomic E-state index is 12.7. The molecule has 0 radical (unpaired) electrons. The number of rotatable bonds is 6. The molecule has 2 heterocycles. The molecule has 0 aliphatic heterocycles. The summed E-state index contributed by atoms with van der Waals surface area (Å²) in [6.07, 6.45) is 0. The van der Waals surface area contributed by atoms with Gasteiger partial charge in [-0.1, -0.05) is 35.5 Å². The first-order valence-corrected chi connectivity index (χ1v) is 9.76. The van der Waals surface area contributed by atoms with Gasteiger partial charge in [0.25, 0.3) is 0 Å². The van der Waals surface area contributed by atoms with Gasteiger partial charge in [0.05, 0.1) is 41.8 Å². The van der Waals surface area contributed by atoms with Crippen LogP contribution < -0.4 is 5.32 Å². The van der Waals surface area contributed by atoms with E-state index in [0.717, 1.165) is 22.3 Å². The summed E-state index contributed by atoms with van der Waals surface area (Å²) in [5.74, 6) is -0.623. The Kier molecular flexibility index (Phi) is 5.48. The largest absolute Gasteiger partial charge is 0.465 e. The fraction of sp³-hybridized carbons (Fsp3) is 0.227. The van der Waals surface area contributed by atoms with Crippen molar-refractivity contribution in [1.82, 2.24) is 24.8 Å². The summed E-state index contributed by atoms with van der Waals surface area (Å²) < 4.78 is 8.19. The van der Waals surface area contributed by atoms with Crippen LogP contribution in [0.3, 0.4) is 0 Å². The molecule has 31 heavy (non-hydrogen) atoms. The molecule has 0 saturated carbocycles. The highest BCUT2D eigenvalue weighted by molar-refractivity contribution is 5.93. The van der Waals surface area contributed by atoms with E-state index in [1.807, 2.05) is 50.2 Å². The van der Waals surface area contributed by atoms with E-state index in [9.17, 15) is 9.59 Å². The quantitative estimate of drug-likeness (QED) is 0.483. The van der Waals surface area contributed by atoms with Crippen molar-refractivity contribution in [3.05, 3.63) is 71.0 Å². The standard InChI is InChI=1S/C22H22N6O3/c1-14-21(23-20(29)13-28-19-11-7-6-10-18(19)24-26-28)15(2)27(25-14)12-16-8-4-5-9-17(16)22(30)31-3/h4-11H,12-13H2,1-3H3,(H,23,29). The second-order valence-corrected chi connectivity index (χ2v) is 7.14. The van der Waals surface area contributed by atoms with Gasteiger partial charge in [-0.05, 0) is 37.6 Å². The van der Waals surface area contributed by atoms with Crippen LogP contribution in [-0.2, 0) is 22.6 Å². The van der Waals surface area contributed by atoms with Gasteiger partial charge in [0.2, 0.25) is 5.91 Å². The van der Waals surface area contributed by atoms with Gasteiger partial charge in [0, 0.05) is 0 Å². The summed E-state index contributed by atoms with van der Waals surface area (Å²) in [7, 11) is 1.36. The van der Waals surface area contributed by atoms with Crippen molar-refractivity contribution in [1.29, 1.82) is 0 Å². The van der Waals surface area contributed by atoms with Crippen LogP contribution >= 0.6 is 0 Å². The molecule has 0 atom stereocenters. The van der Waals surface area contributed by atoms with Gasteiger partial charge < -0.3 is 10.1 Å². The number of benzene rings is 2. The number of amides is 1. The summed E-state index contributed by atoms with van der Waals surface area (Å²) >= 11 is 0. The zero-order valence-corrected chi connectivity index (χ0v) is 17.5. The normalized spacial score (nSPS) is 10.9. The molecule has 0 aliphatic rings. The van der Waals surface area contributed by atoms with Crippen molar-refractivity contribution in [2.45, 2.75) is 26.9 Å². The van der Waals surface area contributed by atoms with Crippen molar-refractivity contribution in [2.75, 3.05) is 12.4 Å². The zero-order valence-electron chi connectivity index (χ0n) is 17.5. The number of methoxy groups -OCH3 is 1. The Morgan fingerprint density at radius 2 is 1.77 bits per heavy atom. The first kappa shape index (κ1) is 20.3. The predicted octanol–water partition coefficient (Wildman–Crippen LogP) is 2.72. The highest BCUT2D eigenvalue weighted by Gasteiger charge is 2.18. The van der Waals surface area contributed by atoms with E-state index in [1.54, 1.807) is 21.5 Å². The lowest BCUT2D eigenvalue weighted by atomic mass is 10.1. The lowest BCUT2D eigenvalue weighted by molar-refractivity contribution is -0.116. The number of para-hydroxylation sites is 1. The number of ether oxygens (including phenoxy) is 1. The topological polar surface area (TPSA) is 104 Å². The minimum atomic E-state index is -0.397. The molecule has 9 nitrogen and oxygen atoms in total. The van der Waals surface area contributed by atoms with Crippen LogP contribution in [0.25, 0.3) is 11.0 Å². The number of carbonyl (C=O) groups excluding carboxylic acids is 2. The molecule has 0 aliphatic carbocycles. The number of esters is 1. The molecule has 0 unspecified atom stereocenters. The molecule has 0 spiro atoms. The zero-order chi connectivity index (χ0) is 22.0. The van der Waals surface area contributed by atoms with Crippen LogP contribution in [0.1, 0.15) is 27.3 Å². The van der Waals surface area contributed by atoms with Gasteiger partial charge in [-0.2, -0.15) is 5.10 Å². The molecular formula is C22H22N6O3. The van der Waals surface area contributed by atoms with Crippen molar-refractivity contribution in [3.8, 4) is 0 Å². The minimum Gasteiger partial charge on any atom is -0.465 e. The fourth-order valence-corrected chi connectivity index (χ4v) is 3.51. The van der Waals surface area contributed by atoms with Crippen LogP contribution in [-0.4, -0.2) is 43.8 Å². The monoisotopic (exact) mass is 418 g/mol. The highest BCUT2D eigenvalue weighted by atomic mass is 16.5. The van der Waals surface area contributed by atoms with E-state index in [1.165, 1.54) is 7.11 Å². The van der Waals surface area contributed by atoms with Crippen molar-refractivity contribution in [2.24, 2.45) is 0 Å². The number of aromatic nitrogens is 5. The van der Waals surface area contributed by atoms with E-state index < -0.39 is 5.97 Å². The van der Waals surface area contributed by atoms with E-state index in [2.05, 4.69) is 20.7 Å². The summed E-state index contributed by atoms with van der Waals surface area (Å²) in [5.41, 5.74) is 4.91. The minimum absolute atomic E-state index is 0.0374. The number of aryl methyl sites for hydroxylation is 1. The van der Waals surface area contributed by atoms with Crippen LogP contribution in [0.15, 0.2) is 48.5 Å². The SMILES string of the molecule is COC(=O)c1ccccc1Cn1nc(C)c(NC(=O)Cn2nnc3ccccc32)c1C. The third-order valence-electron chi connectivity index (χ3n) is 5.10. The molecular weight excluding hydrogens is 396 g/mol. The maximum Gasteiger partial charge on any atom is 0.338 e. The molecule has 4 aromatic rings. The summed E-state index contributed by atoms with van der Waals surface area (Å²) in [4.78, 5) is 24.7. The lowest BCUT2D eigenvalue weighted by Gasteiger charge is -2.10. The van der Waals surface area contributed by atoms with Crippen LogP contribution in [0, 0.1) is 13.8 Å². The average molecular weight is 418 g/mol. The van der Waals surface area contributed by atoms with Gasteiger partial charge >= 0.3 is 5.97 Å². The predicted molar refractivity (Wildman–Crippen MR) is 115 cm³/mol. The number of nitrogens with one attached hydrogen (secondary N) is 1. The van der Waals surface area contributed by atoms with Gasteiger partial charge in [-0.25, -0.2) is 9.48 Å². The van der Waals surface area contributed by atoms with Crippen molar-refractivity contribution in [3.63, 3.8) is 0 Å². The molecule has 2 aromatic carbocycles. The number of hydrogen-bond acceptors (Lipinski definition) is 6. The van der Waals surface area contributed by atoms with E-state index in [4.69, 9.17) is 4.74 Å². The molecule has 1 amide bonds. The number of anilines is 1. The number of carbonyl (C=O) groups is 2. The molecule has 4 rings (SSSR count). The summed E-state index contributed by atoms with van der Waals surface area (Å²) in [5, 5.41) is 15.6. The van der Waals surface area contributed by atoms with Gasteiger partial charge in [-0.15, -0.1) is 5.10 Å². The lowest BCUT2D eigenvalue weighted by Crippen LogP contribution is -2.20. The molecule has 0 bridgehead atoms. The second-order valence-electron chi connectivity index (χ2n) is 7.14. The van der Waals surface area contributed by atoms with Gasteiger partial charge in [0.15, 0.2) is 0 Å². The number of fused-ring (bicyclic) bond motifs is 1. The Morgan fingerprint density at radius 3 is 2.58 bits per heavy atom. The van der Waals surface area contributed by atoms with Crippen LogP contribution in [0.5, 0.6) is 0 Å². The van der Waals surface area contributed by atoms with E-state index in [-0.39, 0.29) is 12.5 Å². The fourth-order valence-electron chi connectivity index (χ4n) is 3.51.